The molecule has 166 valence electrons. The van der Waals surface area contributed by atoms with E-state index < -0.39 is 5.92 Å². The van der Waals surface area contributed by atoms with Gasteiger partial charge in [-0.25, -0.2) is 0 Å². The van der Waals surface area contributed by atoms with E-state index in [9.17, 15) is 10.1 Å². The summed E-state index contributed by atoms with van der Waals surface area (Å²) < 4.78 is 5.32. The third-order valence-electron chi connectivity index (χ3n) is 5.80. The maximum Gasteiger partial charge on any atom is 0.256 e. The van der Waals surface area contributed by atoms with Crippen molar-refractivity contribution in [2.75, 3.05) is 12.4 Å². The Kier molecular flexibility index (Phi) is 5.55. The zero-order valence-corrected chi connectivity index (χ0v) is 18.4. The smallest absolute Gasteiger partial charge is 0.256 e. The van der Waals surface area contributed by atoms with E-state index in [1.54, 1.807) is 31.4 Å². The van der Waals surface area contributed by atoms with Gasteiger partial charge in [0, 0.05) is 11.1 Å². The van der Waals surface area contributed by atoms with Crippen molar-refractivity contribution < 1.29 is 9.53 Å². The van der Waals surface area contributed by atoms with Crippen molar-refractivity contribution in [3.63, 3.8) is 0 Å². The quantitative estimate of drug-likeness (QED) is 0.408. The highest BCUT2D eigenvalue weighted by molar-refractivity contribution is 5.96. The van der Waals surface area contributed by atoms with Crippen LogP contribution in [0, 0.1) is 11.3 Å². The molecule has 0 saturated heterocycles. The molecule has 0 aliphatic carbocycles. The van der Waals surface area contributed by atoms with Gasteiger partial charge in [-0.3, -0.25) is 9.89 Å². The lowest BCUT2D eigenvalue weighted by atomic mass is 9.82. The van der Waals surface area contributed by atoms with E-state index in [2.05, 4.69) is 26.9 Å². The molecule has 0 bridgehead atoms. The molecule has 1 aromatic heterocycles. The molecule has 7 nitrogen and oxygen atoms in total. The van der Waals surface area contributed by atoms with E-state index in [0.717, 1.165) is 22.4 Å². The van der Waals surface area contributed by atoms with E-state index in [0.29, 0.717) is 28.5 Å². The summed E-state index contributed by atoms with van der Waals surface area (Å²) in [7, 11) is 1.61. The number of H-pyrrole nitrogens is 1. The largest absolute Gasteiger partial charge is 0.497 e. The van der Waals surface area contributed by atoms with Gasteiger partial charge in [-0.15, -0.1) is 0 Å². The predicted molar refractivity (Wildman–Crippen MR) is 129 cm³/mol. The van der Waals surface area contributed by atoms with Crippen LogP contribution in [0.3, 0.4) is 0 Å². The Morgan fingerprint density at radius 3 is 2.32 bits per heavy atom. The SMILES string of the molecule is COc1ccc(C2C(C#N)=C(NC(=O)c3ccccc3)Nc3n[nH]c(-c4ccccc4)c32)cc1. The molecule has 7 heteroatoms. The molecule has 1 unspecified atom stereocenters. The van der Waals surface area contributed by atoms with Crippen LogP contribution >= 0.6 is 0 Å². The lowest BCUT2D eigenvalue weighted by molar-refractivity contribution is 0.0966. The fourth-order valence-electron chi connectivity index (χ4n) is 4.15. The minimum absolute atomic E-state index is 0.313. The Morgan fingerprint density at radius 2 is 1.68 bits per heavy atom. The van der Waals surface area contributed by atoms with Crippen LogP contribution in [0.5, 0.6) is 5.75 Å². The molecule has 1 amide bonds. The number of aromatic amines is 1. The second-order valence-electron chi connectivity index (χ2n) is 7.78. The number of ether oxygens (including phenoxy) is 1. The number of nitrogens with one attached hydrogen (secondary N) is 3. The van der Waals surface area contributed by atoms with E-state index in [1.165, 1.54) is 0 Å². The number of anilines is 1. The maximum absolute atomic E-state index is 12.9. The highest BCUT2D eigenvalue weighted by atomic mass is 16.5. The van der Waals surface area contributed by atoms with Crippen LogP contribution in [0.25, 0.3) is 11.3 Å². The molecular formula is C27H21N5O2. The summed E-state index contributed by atoms with van der Waals surface area (Å²) in [5.41, 5.74) is 4.36. The van der Waals surface area contributed by atoms with E-state index in [1.807, 2.05) is 60.7 Å². The first-order chi connectivity index (χ1) is 16.7. The highest BCUT2D eigenvalue weighted by Gasteiger charge is 2.35. The number of allylic oxidation sites excluding steroid dienone is 1. The fourth-order valence-corrected chi connectivity index (χ4v) is 4.15. The van der Waals surface area contributed by atoms with Gasteiger partial charge in [-0.1, -0.05) is 60.7 Å². The molecule has 3 aromatic carbocycles. The number of methoxy groups -OCH3 is 1. The maximum atomic E-state index is 12.9. The molecule has 1 aliphatic heterocycles. The van der Waals surface area contributed by atoms with Crippen molar-refractivity contribution in [1.29, 1.82) is 5.26 Å². The molecule has 4 aromatic rings. The monoisotopic (exact) mass is 447 g/mol. The molecule has 0 fully saturated rings. The predicted octanol–water partition coefficient (Wildman–Crippen LogP) is 4.81. The molecule has 5 rings (SSSR count). The first kappa shape index (κ1) is 21.0. The van der Waals surface area contributed by atoms with Gasteiger partial charge in [0.15, 0.2) is 5.82 Å². The second kappa shape index (κ2) is 8.96. The molecule has 0 spiro atoms. The molecule has 0 saturated carbocycles. The molecule has 3 N–H and O–H groups in total. The summed E-state index contributed by atoms with van der Waals surface area (Å²) >= 11 is 0. The number of nitrogens with zero attached hydrogens (tertiary/aromatic N) is 2. The molecule has 1 aliphatic rings. The third kappa shape index (κ3) is 3.78. The van der Waals surface area contributed by atoms with Gasteiger partial charge >= 0.3 is 0 Å². The van der Waals surface area contributed by atoms with Gasteiger partial charge in [-0.2, -0.15) is 10.4 Å². The van der Waals surface area contributed by atoms with Crippen molar-refractivity contribution in [1.82, 2.24) is 15.5 Å². The Bertz CT molecular complexity index is 1400. The fraction of sp³-hybridized carbons (Fsp3) is 0.0741. The van der Waals surface area contributed by atoms with Crippen LogP contribution in [-0.4, -0.2) is 23.2 Å². The van der Waals surface area contributed by atoms with E-state index in [-0.39, 0.29) is 5.91 Å². The van der Waals surface area contributed by atoms with Crippen molar-refractivity contribution in [3.05, 3.63) is 113 Å². The topological polar surface area (TPSA) is 103 Å². The van der Waals surface area contributed by atoms with E-state index >= 15 is 0 Å². The zero-order valence-electron chi connectivity index (χ0n) is 18.4. The van der Waals surface area contributed by atoms with Crippen LogP contribution in [0.2, 0.25) is 0 Å². The van der Waals surface area contributed by atoms with Crippen LogP contribution < -0.4 is 15.4 Å². The normalized spacial score (nSPS) is 14.5. The number of fused-ring (bicyclic) bond motifs is 1. The van der Waals surface area contributed by atoms with Crippen molar-refractivity contribution in [2.24, 2.45) is 0 Å². The molecule has 0 radical (unpaired) electrons. The van der Waals surface area contributed by atoms with Crippen molar-refractivity contribution >= 4 is 11.7 Å². The number of carbonyl (C=O) groups excluding carboxylic acids is 1. The lowest BCUT2D eigenvalue weighted by Gasteiger charge is -2.27. The molecule has 34 heavy (non-hydrogen) atoms. The number of amides is 1. The minimum atomic E-state index is -0.452. The molecular weight excluding hydrogens is 426 g/mol. The number of nitriles is 1. The van der Waals surface area contributed by atoms with Crippen molar-refractivity contribution in [2.45, 2.75) is 5.92 Å². The Morgan fingerprint density at radius 1 is 1.00 bits per heavy atom. The number of benzene rings is 3. The standard InChI is InChI=1S/C27H21N5O2/c1-34-20-14-12-17(13-15-20)22-21(16-28)25(30-27(33)19-10-6-3-7-11-19)29-26-23(22)24(31-32-26)18-8-4-2-5-9-18/h2-15,22H,1H3,(H,30,33)(H2,29,31,32). The third-order valence-corrected chi connectivity index (χ3v) is 5.80. The van der Waals surface area contributed by atoms with Crippen LogP contribution in [0.15, 0.2) is 96.3 Å². The second-order valence-corrected chi connectivity index (χ2v) is 7.78. The minimum Gasteiger partial charge on any atom is -0.497 e. The Hall–Kier alpha value is -4.83. The highest BCUT2D eigenvalue weighted by Crippen LogP contribution is 2.45. The number of rotatable bonds is 5. The van der Waals surface area contributed by atoms with Gasteiger partial charge < -0.3 is 15.4 Å². The van der Waals surface area contributed by atoms with E-state index in [4.69, 9.17) is 4.74 Å². The van der Waals surface area contributed by atoms with Crippen LogP contribution in [-0.2, 0) is 0 Å². The van der Waals surface area contributed by atoms with Crippen molar-refractivity contribution in [3.8, 4) is 23.1 Å². The summed E-state index contributed by atoms with van der Waals surface area (Å²) in [5, 5.41) is 23.9. The summed E-state index contributed by atoms with van der Waals surface area (Å²) in [6.45, 7) is 0. The average Bonchev–Trinajstić information content (AvgIpc) is 3.32. The summed E-state index contributed by atoms with van der Waals surface area (Å²) in [6, 6.07) is 28.6. The average molecular weight is 447 g/mol. The Balaban J connectivity index is 1.64. The zero-order chi connectivity index (χ0) is 23.5. The first-order valence-electron chi connectivity index (χ1n) is 10.7. The first-order valence-corrected chi connectivity index (χ1v) is 10.7. The van der Waals surface area contributed by atoms with Crippen LogP contribution in [0.4, 0.5) is 5.82 Å². The summed E-state index contributed by atoms with van der Waals surface area (Å²) in [4.78, 5) is 12.9. The molecule has 1 atom stereocenters. The number of carbonyl (C=O) groups is 1. The Labute approximate surface area is 196 Å². The summed E-state index contributed by atoms with van der Waals surface area (Å²) in [6.07, 6.45) is 0. The number of aromatic nitrogens is 2. The lowest BCUT2D eigenvalue weighted by Crippen LogP contribution is -2.32. The van der Waals surface area contributed by atoms with Gasteiger partial charge in [0.2, 0.25) is 0 Å². The van der Waals surface area contributed by atoms with Crippen LogP contribution in [0.1, 0.15) is 27.4 Å². The van der Waals surface area contributed by atoms with Gasteiger partial charge in [-0.05, 0) is 35.4 Å². The van der Waals surface area contributed by atoms with Gasteiger partial charge in [0.1, 0.15) is 11.6 Å². The molecule has 2 heterocycles. The number of hydrogen-bond acceptors (Lipinski definition) is 5. The number of hydrogen-bond donors (Lipinski definition) is 3. The van der Waals surface area contributed by atoms with Gasteiger partial charge in [0.05, 0.1) is 30.4 Å². The summed E-state index contributed by atoms with van der Waals surface area (Å²) in [5.74, 6) is 0.824. The van der Waals surface area contributed by atoms with Gasteiger partial charge in [0.25, 0.3) is 5.91 Å².